The number of hydrogen-bond donors (Lipinski definition) is 1. The summed E-state index contributed by atoms with van der Waals surface area (Å²) in [6.07, 6.45) is 0.883. The van der Waals surface area contributed by atoms with E-state index in [4.69, 9.17) is 0 Å². The molecule has 0 aliphatic rings. The predicted octanol–water partition coefficient (Wildman–Crippen LogP) is 2.91. The molecule has 1 amide bonds. The summed E-state index contributed by atoms with van der Waals surface area (Å²) >= 11 is 0. The van der Waals surface area contributed by atoms with Crippen LogP contribution in [0.4, 0.5) is 22.7 Å². The van der Waals surface area contributed by atoms with Crippen LogP contribution in [0.25, 0.3) is 0 Å². The lowest BCUT2D eigenvalue weighted by Crippen LogP contribution is -2.45. The van der Waals surface area contributed by atoms with E-state index in [1.807, 2.05) is 0 Å². The van der Waals surface area contributed by atoms with Crippen molar-refractivity contribution in [3.8, 4) is 0 Å². The lowest BCUT2D eigenvalue weighted by atomic mass is 10.1. The predicted molar refractivity (Wildman–Crippen MR) is 111 cm³/mol. The van der Waals surface area contributed by atoms with E-state index in [2.05, 4.69) is 5.32 Å². The zero-order chi connectivity index (χ0) is 22.8. The van der Waals surface area contributed by atoms with Gasteiger partial charge in [0.05, 0.1) is 27.5 Å². The molecule has 12 heteroatoms. The maximum absolute atomic E-state index is 12.8. The van der Waals surface area contributed by atoms with E-state index in [-0.39, 0.29) is 22.7 Å². The van der Waals surface area contributed by atoms with Gasteiger partial charge in [0, 0.05) is 24.3 Å². The average molecular weight is 436 g/mol. The Morgan fingerprint density at radius 1 is 1.00 bits per heavy atom. The van der Waals surface area contributed by atoms with Crippen molar-refractivity contribution < 1.29 is 23.1 Å². The summed E-state index contributed by atoms with van der Waals surface area (Å²) in [6, 6.07) is 6.32. The fourth-order valence-electron chi connectivity index (χ4n) is 2.83. The van der Waals surface area contributed by atoms with Gasteiger partial charge in [-0.1, -0.05) is 12.1 Å². The van der Waals surface area contributed by atoms with E-state index in [1.165, 1.54) is 37.3 Å². The van der Waals surface area contributed by atoms with E-state index in [1.54, 1.807) is 13.8 Å². The molecule has 1 N–H and O–H groups in total. The molecule has 1 unspecified atom stereocenters. The smallest absolute Gasteiger partial charge is 0.271 e. The molecular formula is C18H20N4O7S. The molecule has 11 nitrogen and oxygen atoms in total. The maximum Gasteiger partial charge on any atom is 0.271 e. The first kappa shape index (κ1) is 22.7. The Balaban J connectivity index is 2.47. The molecule has 0 aliphatic heterocycles. The summed E-state index contributed by atoms with van der Waals surface area (Å²) in [5, 5.41) is 24.6. The third-order valence-electron chi connectivity index (χ3n) is 4.42. The summed E-state index contributed by atoms with van der Waals surface area (Å²) in [5.41, 5.74) is 0.538. The van der Waals surface area contributed by atoms with E-state index < -0.39 is 31.8 Å². The molecule has 0 aliphatic carbocycles. The van der Waals surface area contributed by atoms with Crippen LogP contribution < -0.4 is 9.62 Å². The zero-order valence-electron chi connectivity index (χ0n) is 16.6. The average Bonchev–Trinajstić information content (AvgIpc) is 2.63. The minimum Gasteiger partial charge on any atom is -0.324 e. The molecule has 30 heavy (non-hydrogen) atoms. The van der Waals surface area contributed by atoms with Crippen molar-refractivity contribution >= 4 is 38.7 Å². The molecule has 0 aromatic heterocycles. The summed E-state index contributed by atoms with van der Waals surface area (Å²) in [4.78, 5) is 33.6. The zero-order valence-corrected chi connectivity index (χ0v) is 17.5. The number of sulfonamides is 1. The number of anilines is 2. The molecule has 160 valence electrons. The van der Waals surface area contributed by atoms with Gasteiger partial charge in [0.25, 0.3) is 11.4 Å². The Labute approximate surface area is 172 Å². The molecule has 2 rings (SSSR count). The monoisotopic (exact) mass is 436 g/mol. The van der Waals surface area contributed by atoms with Crippen LogP contribution in [0.1, 0.15) is 18.1 Å². The number of benzene rings is 2. The largest absolute Gasteiger partial charge is 0.324 e. The van der Waals surface area contributed by atoms with Gasteiger partial charge in [-0.25, -0.2) is 8.42 Å². The van der Waals surface area contributed by atoms with Gasteiger partial charge in [0.15, 0.2) is 0 Å². The molecular weight excluding hydrogens is 416 g/mol. The number of nitrogens with zero attached hydrogens (tertiary/aromatic N) is 3. The van der Waals surface area contributed by atoms with Crippen LogP contribution in [0.15, 0.2) is 36.4 Å². The molecule has 0 saturated carbocycles. The first-order chi connectivity index (χ1) is 13.8. The quantitative estimate of drug-likeness (QED) is 0.517. The van der Waals surface area contributed by atoms with Crippen LogP contribution in [0.5, 0.6) is 0 Å². The minimum atomic E-state index is -4.01. The minimum absolute atomic E-state index is 0.00915. The van der Waals surface area contributed by atoms with E-state index in [0.29, 0.717) is 11.1 Å². The second-order valence-corrected chi connectivity index (χ2v) is 8.57. The Hall–Kier alpha value is -3.54. The van der Waals surface area contributed by atoms with E-state index in [9.17, 15) is 33.4 Å². The van der Waals surface area contributed by atoms with Crippen molar-refractivity contribution in [2.75, 3.05) is 15.9 Å². The SMILES string of the molecule is Cc1ccc([N+](=O)[O-])cc1NC(=O)C(C)N(c1cc([N+](=O)[O-])ccc1C)S(C)(=O)=O. The van der Waals surface area contributed by atoms with Crippen molar-refractivity contribution in [3.05, 3.63) is 67.8 Å². The highest BCUT2D eigenvalue weighted by atomic mass is 32.2. The summed E-state index contributed by atoms with van der Waals surface area (Å²) in [6.45, 7) is 4.51. The third kappa shape index (κ3) is 4.89. The molecule has 0 fully saturated rings. The fraction of sp³-hybridized carbons (Fsp3) is 0.278. The molecule has 1 atom stereocenters. The number of aryl methyl sites for hydroxylation is 2. The van der Waals surface area contributed by atoms with Gasteiger partial charge in [-0.2, -0.15) is 0 Å². The van der Waals surface area contributed by atoms with Gasteiger partial charge >= 0.3 is 0 Å². The van der Waals surface area contributed by atoms with Gasteiger partial charge < -0.3 is 5.32 Å². The van der Waals surface area contributed by atoms with Crippen LogP contribution in [-0.4, -0.2) is 36.5 Å². The molecule has 2 aromatic carbocycles. The number of carbonyl (C=O) groups excluding carboxylic acids is 1. The van der Waals surface area contributed by atoms with Crippen LogP contribution in [0.2, 0.25) is 0 Å². The van der Waals surface area contributed by atoms with Crippen LogP contribution >= 0.6 is 0 Å². The van der Waals surface area contributed by atoms with Crippen molar-refractivity contribution in [3.63, 3.8) is 0 Å². The highest BCUT2D eigenvalue weighted by molar-refractivity contribution is 7.92. The summed E-state index contributed by atoms with van der Waals surface area (Å²) < 4.78 is 25.7. The second-order valence-electron chi connectivity index (χ2n) is 6.71. The molecule has 0 spiro atoms. The number of nitrogens with one attached hydrogen (secondary N) is 1. The number of nitro benzene ring substituents is 2. The first-order valence-electron chi connectivity index (χ1n) is 8.63. The third-order valence-corrected chi connectivity index (χ3v) is 5.65. The van der Waals surface area contributed by atoms with Gasteiger partial charge in [-0.05, 0) is 31.9 Å². The van der Waals surface area contributed by atoms with Gasteiger partial charge in [0.2, 0.25) is 15.9 Å². The lowest BCUT2D eigenvalue weighted by Gasteiger charge is -2.29. The topological polar surface area (TPSA) is 153 Å². The Bertz CT molecular complexity index is 1130. The molecule has 0 heterocycles. The number of amides is 1. The van der Waals surface area contributed by atoms with Gasteiger partial charge in [-0.15, -0.1) is 0 Å². The van der Waals surface area contributed by atoms with Crippen LogP contribution in [0.3, 0.4) is 0 Å². The normalized spacial score (nSPS) is 12.1. The second kappa shape index (κ2) is 8.45. The number of hydrogen-bond acceptors (Lipinski definition) is 7. The maximum atomic E-state index is 12.8. The Morgan fingerprint density at radius 2 is 1.50 bits per heavy atom. The summed E-state index contributed by atoms with van der Waals surface area (Å²) in [7, 11) is -4.01. The van der Waals surface area contributed by atoms with Crippen molar-refractivity contribution in [1.82, 2.24) is 0 Å². The van der Waals surface area contributed by atoms with E-state index >= 15 is 0 Å². The number of nitro groups is 2. The van der Waals surface area contributed by atoms with Crippen molar-refractivity contribution in [2.45, 2.75) is 26.8 Å². The van der Waals surface area contributed by atoms with Crippen LogP contribution in [-0.2, 0) is 14.8 Å². The Kier molecular flexibility index (Phi) is 6.41. The summed E-state index contributed by atoms with van der Waals surface area (Å²) in [5.74, 6) is -0.755. The first-order valence-corrected chi connectivity index (χ1v) is 10.5. The van der Waals surface area contributed by atoms with Gasteiger partial charge in [-0.3, -0.25) is 29.3 Å². The molecule has 0 radical (unpaired) electrons. The molecule has 0 saturated heterocycles. The van der Waals surface area contributed by atoms with Gasteiger partial charge in [0.1, 0.15) is 6.04 Å². The highest BCUT2D eigenvalue weighted by Gasteiger charge is 2.31. The molecule has 0 bridgehead atoms. The Morgan fingerprint density at radius 3 is 2.00 bits per heavy atom. The van der Waals surface area contributed by atoms with Crippen LogP contribution in [0, 0.1) is 34.1 Å². The van der Waals surface area contributed by atoms with Crippen molar-refractivity contribution in [2.24, 2.45) is 0 Å². The van der Waals surface area contributed by atoms with E-state index in [0.717, 1.165) is 16.6 Å². The number of rotatable bonds is 7. The molecule has 2 aromatic rings. The fourth-order valence-corrected chi connectivity index (χ4v) is 4.05. The lowest BCUT2D eigenvalue weighted by molar-refractivity contribution is -0.385. The number of carbonyl (C=O) groups is 1. The number of non-ortho nitro benzene ring substituents is 2. The van der Waals surface area contributed by atoms with Crippen molar-refractivity contribution in [1.29, 1.82) is 0 Å². The highest BCUT2D eigenvalue weighted by Crippen LogP contribution is 2.30. The standard InChI is InChI=1S/C18H20N4O7S/c1-11-5-7-14(21(24)25)9-16(11)19-18(23)13(3)20(30(4,28)29)17-10-15(22(26)27)8-6-12(17)2/h5-10,13H,1-4H3,(H,19,23).